The smallest absolute Gasteiger partial charge is 0.342 e. The Labute approximate surface area is 246 Å². The molecule has 0 fully saturated rings. The van der Waals surface area contributed by atoms with Crippen LogP contribution in [-0.2, 0) is 18.9 Å². The van der Waals surface area contributed by atoms with Crippen molar-refractivity contribution in [1.29, 1.82) is 0 Å². The molecule has 0 aromatic heterocycles. The molecule has 204 valence electrons. The first-order valence-corrected chi connectivity index (χ1v) is 12.7. The fraction of sp³-hybridized carbons (Fsp3) is 0.143. The summed E-state index contributed by atoms with van der Waals surface area (Å²) in [7, 11) is 2.69. The van der Waals surface area contributed by atoms with Gasteiger partial charge in [0, 0.05) is 15.7 Å². The second-order valence-electron chi connectivity index (χ2n) is 7.85. The van der Waals surface area contributed by atoms with Gasteiger partial charge < -0.3 is 18.9 Å². The van der Waals surface area contributed by atoms with E-state index in [1.54, 1.807) is 30.3 Å². The average molecular weight is 611 g/mol. The number of para-hydroxylation sites is 1. The molecule has 0 heterocycles. The average Bonchev–Trinajstić information content (AvgIpc) is 2.94. The molecule has 0 spiro atoms. The van der Waals surface area contributed by atoms with E-state index in [9.17, 15) is 9.59 Å². The quantitative estimate of drug-likeness (QED) is 0.125. The molecule has 0 saturated heterocycles. The van der Waals surface area contributed by atoms with Crippen molar-refractivity contribution in [1.82, 2.24) is 0 Å². The summed E-state index contributed by atoms with van der Waals surface area (Å²) in [5.41, 5.74) is 0.422. The van der Waals surface area contributed by atoms with Gasteiger partial charge in [-0.2, -0.15) is 0 Å². The number of hydrogen-bond donors (Lipinski definition) is 0. The van der Waals surface area contributed by atoms with Crippen LogP contribution >= 0.6 is 46.4 Å². The first-order valence-electron chi connectivity index (χ1n) is 11.2. The van der Waals surface area contributed by atoms with E-state index < -0.39 is 24.4 Å². The zero-order valence-corrected chi connectivity index (χ0v) is 23.9. The molecular formula is C28H23Cl4NO6. The molecule has 0 bridgehead atoms. The van der Waals surface area contributed by atoms with Gasteiger partial charge in [0.05, 0.1) is 35.4 Å². The van der Waals surface area contributed by atoms with Crippen molar-refractivity contribution in [3.8, 4) is 0 Å². The molecule has 0 radical (unpaired) electrons. The third-order valence-corrected chi connectivity index (χ3v) is 6.50. The van der Waals surface area contributed by atoms with Crippen LogP contribution in [0.15, 0.2) is 91.4 Å². The first kappa shape index (κ1) is 30.2. The summed E-state index contributed by atoms with van der Waals surface area (Å²) < 4.78 is 22.4. The zero-order chi connectivity index (χ0) is 28.7. The monoisotopic (exact) mass is 609 g/mol. The van der Waals surface area contributed by atoms with Gasteiger partial charge >= 0.3 is 11.9 Å². The maximum absolute atomic E-state index is 13.3. The minimum atomic E-state index is -1.38. The molecule has 0 saturated carbocycles. The van der Waals surface area contributed by atoms with Crippen molar-refractivity contribution >= 4 is 64.0 Å². The van der Waals surface area contributed by atoms with E-state index in [-0.39, 0.29) is 42.7 Å². The molecule has 0 N–H and O–H groups in total. The van der Waals surface area contributed by atoms with E-state index in [0.717, 1.165) is 0 Å². The van der Waals surface area contributed by atoms with Crippen LogP contribution in [-0.4, -0.2) is 38.6 Å². The number of nitrogens with zero attached hydrogens (tertiary/aromatic N) is 1. The number of anilines is 1. The Bertz CT molecular complexity index is 1300. The number of ether oxygens (including phenoxy) is 4. The van der Waals surface area contributed by atoms with E-state index in [1.165, 1.54) is 55.5 Å². The van der Waals surface area contributed by atoms with Gasteiger partial charge in [0.2, 0.25) is 12.5 Å². The zero-order valence-electron chi connectivity index (χ0n) is 20.8. The first-order chi connectivity index (χ1) is 18.6. The second-order valence-corrected chi connectivity index (χ2v) is 9.53. The molecule has 2 unspecified atom stereocenters. The lowest BCUT2D eigenvalue weighted by Crippen LogP contribution is -2.50. The molecule has 7 nitrogen and oxygen atoms in total. The highest BCUT2D eigenvalue weighted by Gasteiger charge is 2.38. The lowest BCUT2D eigenvalue weighted by molar-refractivity contribution is -0.00401. The summed E-state index contributed by atoms with van der Waals surface area (Å²) in [6, 6.07) is 17.3. The van der Waals surface area contributed by atoms with Crippen molar-refractivity contribution in [2.24, 2.45) is 0 Å². The second kappa shape index (κ2) is 13.6. The normalized spacial score (nSPS) is 12.1. The van der Waals surface area contributed by atoms with Gasteiger partial charge in [0.15, 0.2) is 11.5 Å². The van der Waals surface area contributed by atoms with Crippen LogP contribution in [0.5, 0.6) is 0 Å². The largest absolute Gasteiger partial charge is 0.496 e. The molecule has 3 aromatic carbocycles. The summed E-state index contributed by atoms with van der Waals surface area (Å²) in [4.78, 5) is 28.0. The Morgan fingerprint density at radius 1 is 0.692 bits per heavy atom. The number of hydrogen-bond acceptors (Lipinski definition) is 7. The van der Waals surface area contributed by atoms with Gasteiger partial charge in [-0.1, -0.05) is 77.8 Å². The Balaban J connectivity index is 2.12. The van der Waals surface area contributed by atoms with Crippen molar-refractivity contribution < 1.29 is 28.5 Å². The number of methoxy groups -OCH3 is 2. The van der Waals surface area contributed by atoms with Gasteiger partial charge in [-0.15, -0.1) is 0 Å². The summed E-state index contributed by atoms with van der Waals surface area (Å²) in [6.07, 6.45) is -2.75. The van der Waals surface area contributed by atoms with Gasteiger partial charge in [-0.3, -0.25) is 4.90 Å². The highest BCUT2D eigenvalue weighted by atomic mass is 35.5. The molecule has 2 atom stereocenters. The van der Waals surface area contributed by atoms with E-state index >= 15 is 0 Å². The molecule has 11 heteroatoms. The maximum atomic E-state index is 13.3. The topological polar surface area (TPSA) is 74.3 Å². The van der Waals surface area contributed by atoms with Crippen LogP contribution in [0.25, 0.3) is 0 Å². The van der Waals surface area contributed by atoms with Crippen LogP contribution in [0.2, 0.25) is 20.1 Å². The SMILES string of the molecule is C=C(OC)C(OC(=O)c1cc(Cl)ccc1Cl)N(c1ccccc1)C(OC(=O)c1cc(Cl)ccc1Cl)C(=C)OC. The molecule has 3 rings (SSSR count). The van der Waals surface area contributed by atoms with E-state index in [4.69, 9.17) is 65.4 Å². The highest BCUT2D eigenvalue weighted by molar-refractivity contribution is 6.36. The minimum absolute atomic E-state index is 0.00379. The molecule has 0 aliphatic carbocycles. The Morgan fingerprint density at radius 3 is 1.49 bits per heavy atom. The number of carbonyl (C=O) groups is 2. The van der Waals surface area contributed by atoms with Crippen molar-refractivity contribution in [2.75, 3.05) is 19.1 Å². The lowest BCUT2D eigenvalue weighted by atomic mass is 10.2. The van der Waals surface area contributed by atoms with Crippen LogP contribution < -0.4 is 4.90 Å². The predicted molar refractivity (Wildman–Crippen MR) is 153 cm³/mol. The summed E-state index contributed by atoms with van der Waals surface area (Å²) >= 11 is 24.6. The van der Waals surface area contributed by atoms with Gasteiger partial charge in [-0.05, 0) is 48.5 Å². The molecule has 39 heavy (non-hydrogen) atoms. The third-order valence-electron chi connectivity index (χ3n) is 5.37. The van der Waals surface area contributed by atoms with Gasteiger partial charge in [-0.25, -0.2) is 9.59 Å². The predicted octanol–water partition coefficient (Wildman–Crippen LogP) is 7.79. The summed E-state index contributed by atoms with van der Waals surface area (Å²) in [5, 5.41) is 0.757. The summed E-state index contributed by atoms with van der Waals surface area (Å²) in [6.45, 7) is 7.78. The molecule has 3 aromatic rings. The minimum Gasteiger partial charge on any atom is -0.496 e. The van der Waals surface area contributed by atoms with Crippen LogP contribution in [0.1, 0.15) is 20.7 Å². The Kier molecular flexibility index (Phi) is 10.5. The van der Waals surface area contributed by atoms with E-state index in [0.29, 0.717) is 5.69 Å². The highest BCUT2D eigenvalue weighted by Crippen LogP contribution is 2.31. The lowest BCUT2D eigenvalue weighted by Gasteiger charge is -2.38. The number of halogens is 4. The fourth-order valence-electron chi connectivity index (χ4n) is 3.39. The van der Waals surface area contributed by atoms with Crippen LogP contribution in [0.3, 0.4) is 0 Å². The Morgan fingerprint density at radius 2 is 1.10 bits per heavy atom. The van der Waals surface area contributed by atoms with Crippen LogP contribution in [0, 0.1) is 0 Å². The van der Waals surface area contributed by atoms with Gasteiger partial charge in [0.1, 0.15) is 0 Å². The van der Waals surface area contributed by atoms with Gasteiger partial charge in [0.25, 0.3) is 0 Å². The molecule has 0 aliphatic rings. The number of rotatable bonds is 11. The van der Waals surface area contributed by atoms with Crippen molar-refractivity contribution in [3.05, 3.63) is 123 Å². The molecule has 0 aliphatic heterocycles. The number of benzene rings is 3. The van der Waals surface area contributed by atoms with Crippen molar-refractivity contribution in [3.63, 3.8) is 0 Å². The standard InChI is InChI=1S/C28H23Cl4NO6/c1-16(36-3)25(38-27(34)21-14-18(29)10-12-23(21)31)33(20-8-6-5-7-9-20)26(17(2)37-4)39-28(35)22-15-19(30)11-13-24(22)32/h5-15,25-26H,1-2H2,3-4H3. The van der Waals surface area contributed by atoms with E-state index in [1.807, 2.05) is 0 Å². The Hall–Kier alpha value is -3.36. The molecular weight excluding hydrogens is 588 g/mol. The number of carbonyl (C=O) groups excluding carboxylic acids is 2. The van der Waals surface area contributed by atoms with Crippen molar-refractivity contribution in [2.45, 2.75) is 12.5 Å². The maximum Gasteiger partial charge on any atom is 0.342 e. The molecule has 0 amide bonds. The van der Waals surface area contributed by atoms with Crippen LogP contribution in [0.4, 0.5) is 5.69 Å². The number of esters is 2. The third kappa shape index (κ3) is 7.40. The fourth-order valence-corrected chi connectivity index (χ4v) is 4.12. The van der Waals surface area contributed by atoms with E-state index in [2.05, 4.69) is 13.2 Å². The summed E-state index contributed by atoms with van der Waals surface area (Å²) in [5.74, 6) is -1.73.